The Hall–Kier alpha value is -2.21. The number of hydrogen-bond acceptors (Lipinski definition) is 3. The second-order valence-electron chi connectivity index (χ2n) is 8.95. The topological polar surface area (TPSA) is 59.0 Å². The summed E-state index contributed by atoms with van der Waals surface area (Å²) < 4.78 is 15.2. The van der Waals surface area contributed by atoms with Gasteiger partial charge in [0, 0.05) is 36.8 Å². The minimum absolute atomic E-state index is 0.151. The summed E-state index contributed by atoms with van der Waals surface area (Å²) >= 11 is 0. The largest absolute Gasteiger partial charge is 0.320 e. The third-order valence-corrected chi connectivity index (χ3v) is 6.35. The van der Waals surface area contributed by atoms with Gasteiger partial charge < -0.3 is 10.6 Å². The Bertz CT molecular complexity index is 815. The smallest absolute Gasteiger partial charge is 0.248 e. The summed E-state index contributed by atoms with van der Waals surface area (Å²) in [6.45, 7) is 2.99. The van der Waals surface area contributed by atoms with E-state index in [-0.39, 0.29) is 5.91 Å². The normalized spacial score (nSPS) is 29.6. The molecule has 1 aromatic rings. The van der Waals surface area contributed by atoms with Crippen LogP contribution in [0.1, 0.15) is 51.9 Å². The summed E-state index contributed by atoms with van der Waals surface area (Å²) in [5, 5.41) is 10.8. The van der Waals surface area contributed by atoms with Crippen molar-refractivity contribution in [3.63, 3.8) is 0 Å². The van der Waals surface area contributed by atoms with Gasteiger partial charge in [0.15, 0.2) is 0 Å². The number of carbonyl (C=O) groups excluding carboxylic acids is 1. The highest BCUT2D eigenvalue weighted by Crippen LogP contribution is 2.39. The number of anilines is 1. The van der Waals surface area contributed by atoms with Crippen LogP contribution in [0.15, 0.2) is 48.3 Å². The average Bonchev–Trinajstić information content (AvgIpc) is 3.64. The highest BCUT2D eigenvalue weighted by Gasteiger charge is 2.40. The number of aromatic nitrogens is 2. The number of rotatable bonds is 9. The molecule has 2 unspecified atom stereocenters. The zero-order valence-electron chi connectivity index (χ0n) is 17.8. The van der Waals surface area contributed by atoms with E-state index in [0.717, 1.165) is 37.4 Å². The molecule has 0 spiro atoms. The van der Waals surface area contributed by atoms with Crippen LogP contribution in [0, 0.1) is 11.8 Å². The third kappa shape index (κ3) is 6.14. The Balaban J connectivity index is 1.18. The van der Waals surface area contributed by atoms with Gasteiger partial charge in [-0.2, -0.15) is 5.10 Å². The first kappa shape index (κ1) is 21.0. The van der Waals surface area contributed by atoms with Crippen LogP contribution in [-0.4, -0.2) is 33.9 Å². The van der Waals surface area contributed by atoms with Crippen LogP contribution in [-0.2, 0) is 11.3 Å². The van der Waals surface area contributed by atoms with E-state index in [0.29, 0.717) is 30.8 Å². The molecule has 30 heavy (non-hydrogen) atoms. The summed E-state index contributed by atoms with van der Waals surface area (Å²) in [5.74, 6) is 1.13. The van der Waals surface area contributed by atoms with E-state index in [4.69, 9.17) is 0 Å². The second-order valence-corrected chi connectivity index (χ2v) is 8.95. The predicted octanol–water partition coefficient (Wildman–Crippen LogP) is 4.55. The summed E-state index contributed by atoms with van der Waals surface area (Å²) in [5.41, 5.74) is 2.02. The van der Waals surface area contributed by atoms with Gasteiger partial charge in [-0.1, -0.05) is 24.3 Å². The molecule has 1 heterocycles. The van der Waals surface area contributed by atoms with Crippen LogP contribution in [0.2, 0.25) is 0 Å². The maximum atomic E-state index is 13.3. The van der Waals surface area contributed by atoms with E-state index in [9.17, 15) is 9.18 Å². The van der Waals surface area contributed by atoms with Crippen molar-refractivity contribution in [1.29, 1.82) is 0 Å². The van der Waals surface area contributed by atoms with Gasteiger partial charge in [-0.25, -0.2) is 4.39 Å². The lowest BCUT2D eigenvalue weighted by Gasteiger charge is -2.25. The fourth-order valence-electron chi connectivity index (χ4n) is 4.29. The highest BCUT2D eigenvalue weighted by molar-refractivity contribution is 5.99. The lowest BCUT2D eigenvalue weighted by Crippen LogP contribution is -2.35. The van der Waals surface area contributed by atoms with Crippen LogP contribution >= 0.6 is 0 Å². The molecule has 0 bridgehead atoms. The van der Waals surface area contributed by atoms with Gasteiger partial charge in [-0.15, -0.1) is 0 Å². The Morgan fingerprint density at radius 3 is 2.70 bits per heavy atom. The van der Waals surface area contributed by atoms with E-state index in [2.05, 4.69) is 34.8 Å². The number of amides is 1. The van der Waals surface area contributed by atoms with Gasteiger partial charge in [-0.3, -0.25) is 9.48 Å². The predicted molar refractivity (Wildman–Crippen MR) is 118 cm³/mol. The number of nitrogens with one attached hydrogen (secondary N) is 2. The molecule has 3 aliphatic carbocycles. The van der Waals surface area contributed by atoms with Crippen molar-refractivity contribution >= 4 is 11.6 Å². The van der Waals surface area contributed by atoms with Gasteiger partial charge in [0.05, 0.1) is 11.9 Å². The van der Waals surface area contributed by atoms with E-state index < -0.39 is 6.17 Å². The Kier molecular flexibility index (Phi) is 6.82. The molecule has 2 atom stereocenters. The van der Waals surface area contributed by atoms with Crippen LogP contribution in [0.3, 0.4) is 0 Å². The van der Waals surface area contributed by atoms with Crippen molar-refractivity contribution in [3.8, 4) is 0 Å². The minimum atomic E-state index is -0.602. The van der Waals surface area contributed by atoms with Crippen LogP contribution in [0.25, 0.3) is 0 Å². The van der Waals surface area contributed by atoms with Crippen molar-refractivity contribution in [2.45, 2.75) is 76.7 Å². The van der Waals surface area contributed by atoms with Gasteiger partial charge in [-0.05, 0) is 63.4 Å². The molecule has 5 nitrogen and oxygen atoms in total. The number of nitrogens with zero attached hydrogens (tertiary/aromatic N) is 2. The second kappa shape index (κ2) is 9.73. The van der Waals surface area contributed by atoms with Crippen molar-refractivity contribution < 1.29 is 9.18 Å². The number of carbonyl (C=O) groups is 1. The minimum Gasteiger partial charge on any atom is -0.320 e. The average molecular weight is 413 g/mol. The zero-order valence-corrected chi connectivity index (χ0v) is 17.8. The Morgan fingerprint density at radius 1 is 1.20 bits per heavy atom. The summed E-state index contributed by atoms with van der Waals surface area (Å²) in [6, 6.07) is 0.966. The molecular formula is C24H33FN4O. The Morgan fingerprint density at radius 2 is 1.97 bits per heavy atom. The van der Waals surface area contributed by atoms with E-state index in [1.807, 2.05) is 17.0 Å². The van der Waals surface area contributed by atoms with Crippen molar-refractivity contribution in [2.24, 2.45) is 11.8 Å². The van der Waals surface area contributed by atoms with Crippen LogP contribution < -0.4 is 10.6 Å². The van der Waals surface area contributed by atoms with E-state index >= 15 is 0 Å². The first-order chi connectivity index (χ1) is 14.6. The van der Waals surface area contributed by atoms with Crippen LogP contribution in [0.4, 0.5) is 10.1 Å². The standard InChI is InChI=1S/C24H33FN4O/c1-2-18(22-13-23(22)27-20-11-9-19(25)10-12-20)5-3-4-6-24(30)28-21-14-26-29(16-21)15-17-7-8-17/h2-6,14,16-17,19-20,22-23,27H,7-13,15H2,1H3,(H,28,30)/b5-3-,6-4+,18-2+. The summed E-state index contributed by atoms with van der Waals surface area (Å²) in [6.07, 6.45) is 19.4. The SMILES string of the molecule is C\C=C(/C=C\C=C\C(=O)Nc1cnn(CC2CC2)c1)C1CC1NC1CCC(F)CC1. The molecule has 162 valence electrons. The maximum absolute atomic E-state index is 13.3. The molecule has 0 saturated heterocycles. The maximum Gasteiger partial charge on any atom is 0.248 e. The fourth-order valence-corrected chi connectivity index (χ4v) is 4.29. The number of allylic oxidation sites excluding steroid dienone is 4. The number of alkyl halides is 1. The molecule has 0 aromatic carbocycles. The first-order valence-corrected chi connectivity index (χ1v) is 11.3. The first-order valence-electron chi connectivity index (χ1n) is 11.3. The summed E-state index contributed by atoms with van der Waals surface area (Å²) in [4.78, 5) is 12.1. The monoisotopic (exact) mass is 412 g/mol. The third-order valence-electron chi connectivity index (χ3n) is 6.35. The van der Waals surface area contributed by atoms with Crippen molar-refractivity contribution in [3.05, 3.63) is 48.3 Å². The molecular weight excluding hydrogens is 379 g/mol. The van der Waals surface area contributed by atoms with Gasteiger partial charge in [0.25, 0.3) is 0 Å². The van der Waals surface area contributed by atoms with E-state index in [1.165, 1.54) is 18.4 Å². The zero-order chi connectivity index (χ0) is 20.9. The molecule has 3 fully saturated rings. The quantitative estimate of drug-likeness (QED) is 0.462. The van der Waals surface area contributed by atoms with Gasteiger partial charge in [0.2, 0.25) is 5.91 Å². The van der Waals surface area contributed by atoms with E-state index in [1.54, 1.807) is 18.3 Å². The summed E-state index contributed by atoms with van der Waals surface area (Å²) in [7, 11) is 0. The van der Waals surface area contributed by atoms with Crippen LogP contribution in [0.5, 0.6) is 0 Å². The lowest BCUT2D eigenvalue weighted by molar-refractivity contribution is -0.111. The molecule has 0 radical (unpaired) electrons. The van der Waals surface area contributed by atoms with Gasteiger partial charge in [0.1, 0.15) is 6.17 Å². The molecule has 4 rings (SSSR count). The Labute approximate surface area is 178 Å². The van der Waals surface area contributed by atoms with Gasteiger partial charge >= 0.3 is 0 Å². The number of halogens is 1. The molecule has 3 saturated carbocycles. The highest BCUT2D eigenvalue weighted by atomic mass is 19.1. The molecule has 1 aromatic heterocycles. The number of hydrogen-bond donors (Lipinski definition) is 2. The molecule has 0 aliphatic heterocycles. The molecule has 6 heteroatoms. The molecule has 3 aliphatic rings. The van der Waals surface area contributed by atoms with Crippen molar-refractivity contribution in [1.82, 2.24) is 15.1 Å². The molecule has 2 N–H and O–H groups in total. The molecule has 1 amide bonds. The van der Waals surface area contributed by atoms with Crippen molar-refractivity contribution in [2.75, 3.05) is 5.32 Å². The fraction of sp³-hybridized carbons (Fsp3) is 0.583. The lowest BCUT2D eigenvalue weighted by atomic mass is 9.94.